The predicted octanol–water partition coefficient (Wildman–Crippen LogP) is 25.1. The Morgan fingerprint density at radius 1 is 0.247 bits per heavy atom. The molecule has 0 N–H and O–H groups in total. The summed E-state index contributed by atoms with van der Waals surface area (Å²) in [6, 6.07) is 0. The number of rotatable bonds is 68. The minimum absolute atomic E-state index is 0.0707. The number of allylic oxidation sites excluding steroid dienone is 6. The van der Waals surface area contributed by atoms with Gasteiger partial charge in [0.2, 0.25) is 0 Å². The van der Waals surface area contributed by atoms with Crippen LogP contribution >= 0.6 is 0 Å². The van der Waals surface area contributed by atoms with E-state index < -0.39 is 6.10 Å². The van der Waals surface area contributed by atoms with Gasteiger partial charge < -0.3 is 14.2 Å². The van der Waals surface area contributed by atoms with Gasteiger partial charge in [-0.05, 0) is 70.6 Å². The zero-order chi connectivity index (χ0) is 58.5. The van der Waals surface area contributed by atoms with Crippen LogP contribution in [0.15, 0.2) is 36.5 Å². The number of ether oxygens (including phenoxy) is 3. The number of carbonyl (C=O) groups excluding carboxylic acids is 3. The van der Waals surface area contributed by atoms with Crippen LogP contribution in [0.2, 0.25) is 0 Å². The minimum Gasteiger partial charge on any atom is -0.462 e. The van der Waals surface area contributed by atoms with Crippen LogP contribution in [-0.2, 0) is 28.6 Å². The SMILES string of the molecule is CCCC/C=C\C/C=C\CCCCCCCC(=O)OCC(COC(=O)CCCCCCCCCCCCCCCCCCCCCCC/C=C\CCCCCCCCCC)OC(=O)CCCCCCCCCCCCCCCCCC. The Morgan fingerprint density at radius 3 is 0.728 bits per heavy atom. The lowest BCUT2D eigenvalue weighted by atomic mass is 10.0. The summed E-state index contributed by atoms with van der Waals surface area (Å²) in [5.74, 6) is -0.856. The first-order valence-electron chi connectivity index (χ1n) is 36.5. The Morgan fingerprint density at radius 2 is 0.457 bits per heavy atom. The monoisotopic (exact) mass is 1140 g/mol. The van der Waals surface area contributed by atoms with Crippen molar-refractivity contribution >= 4 is 17.9 Å². The number of esters is 3. The molecule has 0 aliphatic heterocycles. The molecule has 0 aromatic carbocycles. The van der Waals surface area contributed by atoms with Crippen LogP contribution in [0.5, 0.6) is 0 Å². The second-order valence-corrected chi connectivity index (χ2v) is 24.9. The second-order valence-electron chi connectivity index (χ2n) is 24.9. The van der Waals surface area contributed by atoms with E-state index in [-0.39, 0.29) is 31.1 Å². The fraction of sp³-hybridized carbons (Fsp3) is 0.880. The van der Waals surface area contributed by atoms with Gasteiger partial charge in [0.25, 0.3) is 0 Å². The van der Waals surface area contributed by atoms with Crippen molar-refractivity contribution in [3.8, 4) is 0 Å². The zero-order valence-corrected chi connectivity index (χ0v) is 54.8. The van der Waals surface area contributed by atoms with Gasteiger partial charge in [-0.1, -0.05) is 353 Å². The minimum atomic E-state index is -0.775. The van der Waals surface area contributed by atoms with Gasteiger partial charge in [-0.25, -0.2) is 0 Å². The molecule has 476 valence electrons. The van der Waals surface area contributed by atoms with E-state index in [0.29, 0.717) is 19.3 Å². The molecule has 0 radical (unpaired) electrons. The van der Waals surface area contributed by atoms with E-state index in [1.54, 1.807) is 0 Å². The Bertz CT molecular complexity index is 1350. The number of carbonyl (C=O) groups is 3. The van der Waals surface area contributed by atoms with Crippen LogP contribution in [0, 0.1) is 0 Å². The maximum Gasteiger partial charge on any atom is 0.306 e. The van der Waals surface area contributed by atoms with Crippen LogP contribution in [-0.4, -0.2) is 37.2 Å². The van der Waals surface area contributed by atoms with Crippen LogP contribution in [0.1, 0.15) is 406 Å². The summed E-state index contributed by atoms with van der Waals surface area (Å²) in [6.45, 7) is 6.66. The predicted molar refractivity (Wildman–Crippen MR) is 353 cm³/mol. The van der Waals surface area contributed by atoms with Crippen molar-refractivity contribution < 1.29 is 28.6 Å². The van der Waals surface area contributed by atoms with Gasteiger partial charge in [-0.2, -0.15) is 0 Å². The largest absolute Gasteiger partial charge is 0.462 e. The Balaban J connectivity index is 4.10. The van der Waals surface area contributed by atoms with Gasteiger partial charge in [0, 0.05) is 19.3 Å². The first-order chi connectivity index (χ1) is 40.0. The molecule has 0 heterocycles. The molecule has 6 nitrogen and oxygen atoms in total. The third kappa shape index (κ3) is 68.3. The summed E-state index contributed by atoms with van der Waals surface area (Å²) in [5.41, 5.74) is 0. The van der Waals surface area contributed by atoms with Crippen molar-refractivity contribution in [1.29, 1.82) is 0 Å². The molecule has 1 atom stereocenters. The summed E-state index contributed by atoms with van der Waals surface area (Å²) in [4.78, 5) is 38.4. The fourth-order valence-electron chi connectivity index (χ4n) is 11.1. The molecular formula is C75H140O6. The molecule has 0 aliphatic carbocycles. The number of hydrogen-bond acceptors (Lipinski definition) is 6. The van der Waals surface area contributed by atoms with E-state index in [1.807, 2.05) is 0 Å². The summed E-state index contributed by atoms with van der Waals surface area (Å²) in [7, 11) is 0. The quantitative estimate of drug-likeness (QED) is 0.0261. The van der Waals surface area contributed by atoms with E-state index in [1.165, 1.54) is 289 Å². The second kappa shape index (κ2) is 70.1. The van der Waals surface area contributed by atoms with Crippen molar-refractivity contribution in [1.82, 2.24) is 0 Å². The lowest BCUT2D eigenvalue weighted by Crippen LogP contribution is -2.30. The van der Waals surface area contributed by atoms with Crippen molar-refractivity contribution in [3.63, 3.8) is 0 Å². The molecule has 0 bridgehead atoms. The number of unbranched alkanes of at least 4 members (excludes halogenated alkanes) is 51. The highest BCUT2D eigenvalue weighted by molar-refractivity contribution is 5.71. The van der Waals surface area contributed by atoms with Gasteiger partial charge >= 0.3 is 17.9 Å². The van der Waals surface area contributed by atoms with Crippen LogP contribution < -0.4 is 0 Å². The molecule has 0 aliphatic rings. The highest BCUT2D eigenvalue weighted by Crippen LogP contribution is 2.19. The molecule has 0 rings (SSSR count). The van der Waals surface area contributed by atoms with Crippen LogP contribution in [0.4, 0.5) is 0 Å². The molecule has 81 heavy (non-hydrogen) atoms. The van der Waals surface area contributed by atoms with Crippen molar-refractivity contribution in [2.75, 3.05) is 13.2 Å². The highest BCUT2D eigenvalue weighted by atomic mass is 16.6. The van der Waals surface area contributed by atoms with E-state index in [2.05, 4.69) is 57.2 Å². The normalized spacial score (nSPS) is 12.2. The highest BCUT2D eigenvalue weighted by Gasteiger charge is 2.19. The fourth-order valence-corrected chi connectivity index (χ4v) is 11.1. The van der Waals surface area contributed by atoms with Gasteiger partial charge in [0.05, 0.1) is 0 Å². The van der Waals surface area contributed by atoms with E-state index in [0.717, 1.165) is 77.0 Å². The van der Waals surface area contributed by atoms with Gasteiger partial charge in [0.15, 0.2) is 6.10 Å². The maximum absolute atomic E-state index is 12.9. The Hall–Kier alpha value is -2.37. The summed E-state index contributed by atoms with van der Waals surface area (Å²) in [5, 5.41) is 0. The molecule has 0 amide bonds. The van der Waals surface area contributed by atoms with Crippen LogP contribution in [0.3, 0.4) is 0 Å². The summed E-state index contributed by atoms with van der Waals surface area (Å²) >= 11 is 0. The Labute approximate surface area is 506 Å². The standard InChI is InChI=1S/C75H140O6/c1-4-7-10-13-16-19-22-25-28-30-31-32-33-34-35-36-37-38-39-40-41-42-43-44-45-46-48-50-53-56-59-62-65-68-74(77)80-71-72(70-79-73(76)67-64-61-58-55-52-49-27-24-21-18-15-12-9-6-3)81-75(78)69-66-63-60-57-54-51-47-29-26-23-20-17-14-11-8-5-2/h15,18,24,27,30-31,72H,4-14,16-17,19-23,25-26,28-29,32-71H2,1-3H3/b18-15-,27-24-,31-30-. The van der Waals surface area contributed by atoms with Gasteiger partial charge in [-0.15, -0.1) is 0 Å². The first kappa shape index (κ1) is 78.6. The van der Waals surface area contributed by atoms with E-state index in [9.17, 15) is 14.4 Å². The lowest BCUT2D eigenvalue weighted by molar-refractivity contribution is -0.167. The lowest BCUT2D eigenvalue weighted by Gasteiger charge is -2.18. The molecule has 1 unspecified atom stereocenters. The molecule has 0 aromatic heterocycles. The van der Waals surface area contributed by atoms with Crippen LogP contribution in [0.25, 0.3) is 0 Å². The first-order valence-corrected chi connectivity index (χ1v) is 36.5. The maximum atomic E-state index is 12.9. The average molecular weight is 1140 g/mol. The molecule has 6 heteroatoms. The zero-order valence-electron chi connectivity index (χ0n) is 54.8. The molecule has 0 saturated heterocycles. The summed E-state index contributed by atoms with van der Waals surface area (Å²) < 4.78 is 17.0. The smallest absolute Gasteiger partial charge is 0.306 e. The van der Waals surface area contributed by atoms with Gasteiger partial charge in [0.1, 0.15) is 13.2 Å². The molecule has 0 spiro atoms. The average Bonchev–Trinajstić information content (AvgIpc) is 3.47. The Kier molecular flexibility index (Phi) is 68.1. The molecule has 0 saturated carbocycles. The van der Waals surface area contributed by atoms with E-state index >= 15 is 0 Å². The molecule has 0 fully saturated rings. The van der Waals surface area contributed by atoms with E-state index in [4.69, 9.17) is 14.2 Å². The molecular weight excluding hydrogens is 997 g/mol. The third-order valence-electron chi connectivity index (χ3n) is 16.6. The molecule has 0 aromatic rings. The third-order valence-corrected chi connectivity index (χ3v) is 16.6. The topological polar surface area (TPSA) is 78.9 Å². The van der Waals surface area contributed by atoms with Crippen molar-refractivity contribution in [2.24, 2.45) is 0 Å². The van der Waals surface area contributed by atoms with Crippen molar-refractivity contribution in [3.05, 3.63) is 36.5 Å². The number of hydrogen-bond donors (Lipinski definition) is 0. The van der Waals surface area contributed by atoms with Gasteiger partial charge in [-0.3, -0.25) is 14.4 Å². The van der Waals surface area contributed by atoms with Crippen molar-refractivity contribution in [2.45, 2.75) is 412 Å². The summed E-state index contributed by atoms with van der Waals surface area (Å²) in [6.07, 6.45) is 87.7.